The molecule has 0 saturated heterocycles. The molecule has 1 N–H and O–H groups in total. The van der Waals surface area contributed by atoms with Crippen molar-refractivity contribution in [3.8, 4) is 0 Å². The molecule has 4 nitrogen and oxygen atoms in total. The summed E-state index contributed by atoms with van der Waals surface area (Å²) in [7, 11) is 3.94. The predicted molar refractivity (Wildman–Crippen MR) is 94.4 cm³/mol. The highest BCUT2D eigenvalue weighted by Gasteiger charge is 2.20. The van der Waals surface area contributed by atoms with Gasteiger partial charge in [0.05, 0.1) is 3.79 Å². The van der Waals surface area contributed by atoms with Gasteiger partial charge in [0.25, 0.3) is 0 Å². The van der Waals surface area contributed by atoms with Crippen molar-refractivity contribution in [2.45, 2.75) is 32.7 Å². The highest BCUT2D eigenvalue weighted by molar-refractivity contribution is 9.11. The van der Waals surface area contributed by atoms with E-state index >= 15 is 0 Å². The molecule has 0 aliphatic rings. The van der Waals surface area contributed by atoms with Gasteiger partial charge in [-0.05, 0) is 32.9 Å². The zero-order valence-electron chi connectivity index (χ0n) is 13.1. The van der Waals surface area contributed by atoms with Gasteiger partial charge in [0.15, 0.2) is 0 Å². The molecule has 2 aromatic rings. The summed E-state index contributed by atoms with van der Waals surface area (Å²) in [5.74, 6) is 2.63. The summed E-state index contributed by atoms with van der Waals surface area (Å²) in [6.45, 7) is 7.20. The molecule has 0 aromatic carbocycles. The van der Waals surface area contributed by atoms with Gasteiger partial charge in [-0.1, -0.05) is 20.8 Å². The lowest BCUT2D eigenvalue weighted by atomic mass is 9.96. The van der Waals surface area contributed by atoms with Gasteiger partial charge < -0.3 is 10.2 Å². The Morgan fingerprint density at radius 2 is 2.00 bits per heavy atom. The van der Waals surface area contributed by atoms with Gasteiger partial charge in [0.2, 0.25) is 0 Å². The summed E-state index contributed by atoms with van der Waals surface area (Å²) in [6, 6.07) is 4.13. The summed E-state index contributed by atoms with van der Waals surface area (Å²) in [5, 5.41) is 5.28. The number of nitrogens with zero attached hydrogens (tertiary/aromatic N) is 3. The van der Waals surface area contributed by atoms with E-state index in [0.29, 0.717) is 0 Å². The Balaban J connectivity index is 2.29. The fourth-order valence-corrected chi connectivity index (χ4v) is 3.08. The molecule has 21 heavy (non-hydrogen) atoms. The highest BCUT2D eigenvalue weighted by atomic mass is 79.9. The summed E-state index contributed by atoms with van der Waals surface area (Å²) in [5.41, 5.74) is 1.20. The maximum absolute atomic E-state index is 4.72. The molecule has 0 spiro atoms. The van der Waals surface area contributed by atoms with Gasteiger partial charge in [0, 0.05) is 32.1 Å². The van der Waals surface area contributed by atoms with E-state index in [-0.39, 0.29) is 5.41 Å². The second-order valence-electron chi connectivity index (χ2n) is 6.05. The molecule has 0 saturated carbocycles. The molecular formula is C15H21BrN4S. The van der Waals surface area contributed by atoms with Gasteiger partial charge >= 0.3 is 0 Å². The third-order valence-electron chi connectivity index (χ3n) is 3.07. The first kappa shape index (κ1) is 16.2. The topological polar surface area (TPSA) is 41.0 Å². The number of hydrogen-bond donors (Lipinski definition) is 1. The van der Waals surface area contributed by atoms with Crippen LogP contribution in [0.4, 0.5) is 11.6 Å². The molecular weight excluding hydrogens is 348 g/mol. The molecule has 0 amide bonds. The van der Waals surface area contributed by atoms with Crippen LogP contribution in [0.1, 0.15) is 32.2 Å². The highest BCUT2D eigenvalue weighted by Crippen LogP contribution is 2.26. The molecule has 0 atom stereocenters. The Labute approximate surface area is 138 Å². The summed E-state index contributed by atoms with van der Waals surface area (Å²) < 4.78 is 1.15. The van der Waals surface area contributed by atoms with E-state index in [4.69, 9.17) is 4.98 Å². The van der Waals surface area contributed by atoms with Gasteiger partial charge in [-0.3, -0.25) is 0 Å². The van der Waals surface area contributed by atoms with Crippen LogP contribution in [0.2, 0.25) is 0 Å². The van der Waals surface area contributed by atoms with Crippen LogP contribution in [0.3, 0.4) is 0 Å². The lowest BCUT2D eigenvalue weighted by Gasteiger charge is -2.23. The third-order valence-corrected chi connectivity index (χ3v) is 4.63. The van der Waals surface area contributed by atoms with Crippen LogP contribution in [-0.4, -0.2) is 24.1 Å². The Morgan fingerprint density at radius 1 is 1.29 bits per heavy atom. The molecule has 0 fully saturated rings. The Hall–Kier alpha value is -1.14. The van der Waals surface area contributed by atoms with E-state index in [1.54, 1.807) is 11.3 Å². The van der Waals surface area contributed by atoms with E-state index in [1.165, 1.54) is 5.56 Å². The standard InChI is InChI=1S/C15H21BrN4S/c1-15(2,3)14-18-12(17-4)7-13(19-14)20(5)8-10-6-11(16)21-9-10/h6-7,9H,8H2,1-5H3,(H,17,18,19). The number of halogens is 1. The molecule has 6 heteroatoms. The largest absolute Gasteiger partial charge is 0.373 e. The van der Waals surface area contributed by atoms with Crippen LogP contribution in [0.25, 0.3) is 0 Å². The molecule has 0 aliphatic carbocycles. The lowest BCUT2D eigenvalue weighted by Crippen LogP contribution is -2.22. The van der Waals surface area contributed by atoms with Crippen molar-refractivity contribution in [1.29, 1.82) is 0 Å². The van der Waals surface area contributed by atoms with E-state index in [0.717, 1.165) is 27.8 Å². The molecule has 0 aliphatic heterocycles. The average Bonchev–Trinajstić information content (AvgIpc) is 2.82. The van der Waals surface area contributed by atoms with Crippen LogP contribution < -0.4 is 10.2 Å². The van der Waals surface area contributed by atoms with Gasteiger partial charge in [-0.15, -0.1) is 11.3 Å². The third kappa shape index (κ3) is 4.17. The second kappa shape index (κ2) is 6.32. The zero-order chi connectivity index (χ0) is 15.6. The monoisotopic (exact) mass is 368 g/mol. The minimum Gasteiger partial charge on any atom is -0.373 e. The van der Waals surface area contributed by atoms with E-state index in [1.807, 2.05) is 13.1 Å². The number of nitrogens with one attached hydrogen (secondary N) is 1. The first-order valence-corrected chi connectivity index (χ1v) is 8.48. The van der Waals surface area contributed by atoms with Crippen LogP contribution in [0, 0.1) is 0 Å². The molecule has 2 rings (SSSR count). The molecule has 0 unspecified atom stereocenters. The van der Waals surface area contributed by atoms with E-state index in [9.17, 15) is 0 Å². The van der Waals surface area contributed by atoms with E-state index in [2.05, 4.69) is 70.4 Å². The molecule has 114 valence electrons. The first-order valence-electron chi connectivity index (χ1n) is 6.81. The minimum atomic E-state index is -0.0755. The first-order chi connectivity index (χ1) is 9.79. The van der Waals surface area contributed by atoms with Crippen LogP contribution in [0.5, 0.6) is 0 Å². The molecule has 2 heterocycles. The summed E-state index contributed by atoms with van der Waals surface area (Å²) in [4.78, 5) is 11.4. The molecule has 0 radical (unpaired) electrons. The Kier molecular flexibility index (Phi) is 4.88. The number of hydrogen-bond acceptors (Lipinski definition) is 5. The average molecular weight is 369 g/mol. The van der Waals surface area contributed by atoms with Crippen molar-refractivity contribution >= 4 is 38.9 Å². The minimum absolute atomic E-state index is 0.0755. The lowest BCUT2D eigenvalue weighted by molar-refractivity contribution is 0.545. The predicted octanol–water partition coefficient (Wildman–Crippen LogP) is 4.28. The zero-order valence-corrected chi connectivity index (χ0v) is 15.5. The molecule has 2 aromatic heterocycles. The quantitative estimate of drug-likeness (QED) is 0.874. The normalized spacial score (nSPS) is 11.5. The summed E-state index contributed by atoms with van der Waals surface area (Å²) >= 11 is 5.20. The Morgan fingerprint density at radius 3 is 2.52 bits per heavy atom. The van der Waals surface area contributed by atoms with Crippen LogP contribution in [-0.2, 0) is 12.0 Å². The number of aromatic nitrogens is 2. The fraction of sp³-hybridized carbons (Fsp3) is 0.467. The van der Waals surface area contributed by atoms with Crippen molar-refractivity contribution in [1.82, 2.24) is 9.97 Å². The van der Waals surface area contributed by atoms with Gasteiger partial charge in [0.1, 0.15) is 17.5 Å². The second-order valence-corrected chi connectivity index (χ2v) is 8.34. The summed E-state index contributed by atoms with van der Waals surface area (Å²) in [6.07, 6.45) is 0. The van der Waals surface area contributed by atoms with Crippen molar-refractivity contribution in [3.05, 3.63) is 32.7 Å². The van der Waals surface area contributed by atoms with Crippen molar-refractivity contribution in [2.75, 3.05) is 24.3 Å². The van der Waals surface area contributed by atoms with Crippen LogP contribution in [0.15, 0.2) is 21.3 Å². The van der Waals surface area contributed by atoms with Gasteiger partial charge in [-0.2, -0.15) is 0 Å². The van der Waals surface area contributed by atoms with E-state index < -0.39 is 0 Å². The number of rotatable bonds is 4. The number of anilines is 2. The number of thiophene rings is 1. The maximum atomic E-state index is 4.72. The maximum Gasteiger partial charge on any atom is 0.138 e. The fourth-order valence-electron chi connectivity index (χ4n) is 1.88. The Bertz CT molecular complexity index is 618. The smallest absolute Gasteiger partial charge is 0.138 e. The van der Waals surface area contributed by atoms with Crippen LogP contribution >= 0.6 is 27.3 Å². The van der Waals surface area contributed by atoms with Crippen molar-refractivity contribution in [3.63, 3.8) is 0 Å². The van der Waals surface area contributed by atoms with Crippen molar-refractivity contribution in [2.24, 2.45) is 0 Å². The van der Waals surface area contributed by atoms with Gasteiger partial charge in [-0.25, -0.2) is 9.97 Å². The SMILES string of the molecule is CNc1cc(N(C)Cc2csc(Br)c2)nc(C(C)(C)C)n1. The molecule has 0 bridgehead atoms. The van der Waals surface area contributed by atoms with Crippen molar-refractivity contribution < 1.29 is 0 Å².